The number of thiazole rings is 1. The molecule has 0 bridgehead atoms. The zero-order valence-electron chi connectivity index (χ0n) is 45.3. The predicted molar refractivity (Wildman–Crippen MR) is 276 cm³/mol. The third-order valence-electron chi connectivity index (χ3n) is 13.9. The van der Waals surface area contributed by atoms with Gasteiger partial charge in [0.2, 0.25) is 29.5 Å². The Morgan fingerprint density at radius 2 is 1.49 bits per heavy atom. The molecule has 3 unspecified atom stereocenters. The molecule has 1 aromatic carbocycles. The van der Waals surface area contributed by atoms with Crippen LogP contribution in [0.2, 0.25) is 0 Å². The van der Waals surface area contributed by atoms with Crippen LogP contribution in [-0.4, -0.2) is 139 Å². The van der Waals surface area contributed by atoms with Crippen LogP contribution in [0.15, 0.2) is 41.9 Å². The number of likely N-dealkylation sites (tertiary alicyclic amines) is 1. The minimum Gasteiger partial charge on any atom is -0.380 e. The van der Waals surface area contributed by atoms with Gasteiger partial charge in [0.25, 0.3) is 0 Å². The molecule has 16 heteroatoms. The van der Waals surface area contributed by atoms with Crippen LogP contribution in [0.3, 0.4) is 0 Å². The average Bonchev–Trinajstić information content (AvgIpc) is 4.01. The molecule has 9 atom stereocenters. The van der Waals surface area contributed by atoms with E-state index >= 15 is 0 Å². The molecule has 1 aliphatic rings. The number of methoxy groups -OCH3 is 2. The van der Waals surface area contributed by atoms with Gasteiger partial charge in [-0.1, -0.05) is 113 Å². The van der Waals surface area contributed by atoms with Crippen molar-refractivity contribution in [2.45, 2.75) is 170 Å². The summed E-state index contributed by atoms with van der Waals surface area (Å²) in [5.74, 6) is -2.53. The summed E-state index contributed by atoms with van der Waals surface area (Å²) in [4.78, 5) is 92.5. The van der Waals surface area contributed by atoms with Gasteiger partial charge >= 0.3 is 0 Å². The fraction of sp³-hybridized carbons (Fsp3) is 0.722. The molecule has 0 aliphatic carbocycles. The van der Waals surface area contributed by atoms with Crippen LogP contribution >= 0.6 is 11.3 Å². The van der Waals surface area contributed by atoms with E-state index < -0.39 is 47.6 Å². The number of carbonyl (C=O) groups excluding carboxylic acids is 6. The van der Waals surface area contributed by atoms with Crippen LogP contribution in [0.5, 0.6) is 0 Å². The van der Waals surface area contributed by atoms with Crippen molar-refractivity contribution < 1.29 is 43.0 Å². The van der Waals surface area contributed by atoms with Gasteiger partial charge < -0.3 is 44.3 Å². The number of benzene rings is 1. The average molecular weight is 997 g/mol. The number of hydrogen-bond donors (Lipinski definition) is 2. The molecule has 0 radical (unpaired) electrons. The van der Waals surface area contributed by atoms with Crippen molar-refractivity contribution in [2.75, 3.05) is 48.1 Å². The second-order valence-corrected chi connectivity index (χ2v) is 22.9. The van der Waals surface area contributed by atoms with Crippen LogP contribution in [0, 0.1) is 34.5 Å². The van der Waals surface area contributed by atoms with Gasteiger partial charge in [0.1, 0.15) is 22.9 Å². The lowest BCUT2D eigenvalue weighted by molar-refractivity contribution is -0.149. The highest BCUT2D eigenvalue weighted by Gasteiger charge is 2.44. The van der Waals surface area contributed by atoms with Gasteiger partial charge in [-0.3, -0.25) is 24.0 Å². The summed E-state index contributed by atoms with van der Waals surface area (Å²) < 4.78 is 18.2. The standard InChI is InChI=1S/C54H88N6O9S/c1-17-36(6)47(59(14)52(66)45(34(2)3)57-50(65)46(35(4)5)58(13)44(63)31-54(11,12)33-69-32-53(9,10)30-37(7)61)42(67-15)29-43(62)60-26-21-24-41(60)48(68-16)38(8)49(64)56-40(51-55-25-27-70-51)28-39-22-19-18-20-23-39/h18-20,22-23,25,27,34-36,38,40-42,45-48H,17,21,24,26,28-33H2,1-16H3,(H,56,64)(H,57,65)/t36-,38?,40-,41-,42+,45-,46?,47?,48+/m0/s1. The Hall–Kier alpha value is -4.25. The second kappa shape index (κ2) is 27.5. The van der Waals surface area contributed by atoms with Crippen LogP contribution < -0.4 is 10.6 Å². The summed E-state index contributed by atoms with van der Waals surface area (Å²) >= 11 is 1.49. The van der Waals surface area contributed by atoms with Gasteiger partial charge in [0.05, 0.1) is 55.9 Å². The molecule has 1 aromatic heterocycles. The highest BCUT2D eigenvalue weighted by Crippen LogP contribution is 2.32. The zero-order valence-corrected chi connectivity index (χ0v) is 46.2. The normalized spacial score (nSPS) is 17.8. The molecule has 1 fully saturated rings. The minimum absolute atomic E-state index is 0.0154. The summed E-state index contributed by atoms with van der Waals surface area (Å²) in [6.45, 7) is 23.9. The number of rotatable bonds is 29. The van der Waals surface area contributed by atoms with Gasteiger partial charge in [0.15, 0.2) is 0 Å². The molecule has 2 heterocycles. The number of nitrogens with one attached hydrogen (secondary N) is 2. The monoisotopic (exact) mass is 997 g/mol. The molecule has 1 aliphatic heterocycles. The number of Topliss-reactive ketones (excluding diaryl/α,β-unsaturated/α-hetero) is 1. The molecule has 3 rings (SSSR count). The van der Waals surface area contributed by atoms with E-state index in [0.29, 0.717) is 45.4 Å². The first-order chi connectivity index (χ1) is 32.8. The fourth-order valence-electron chi connectivity index (χ4n) is 10.0. The summed E-state index contributed by atoms with van der Waals surface area (Å²) in [5, 5.41) is 8.97. The Kier molecular flexibility index (Phi) is 23.6. The molecule has 0 saturated carbocycles. The van der Waals surface area contributed by atoms with Crippen LogP contribution in [-0.2, 0) is 49.4 Å². The van der Waals surface area contributed by atoms with Crippen molar-refractivity contribution in [1.29, 1.82) is 0 Å². The second-order valence-electron chi connectivity index (χ2n) is 22.0. The van der Waals surface area contributed by atoms with E-state index in [4.69, 9.17) is 14.2 Å². The topological polar surface area (TPSA) is 177 Å². The Bertz CT molecular complexity index is 1980. The lowest BCUT2D eigenvalue weighted by Gasteiger charge is -2.41. The predicted octanol–water partition coefficient (Wildman–Crippen LogP) is 7.53. The van der Waals surface area contributed by atoms with Crippen molar-refractivity contribution in [3.63, 3.8) is 0 Å². The summed E-state index contributed by atoms with van der Waals surface area (Å²) in [7, 11) is 6.46. The largest absolute Gasteiger partial charge is 0.380 e. The maximum absolute atomic E-state index is 14.7. The first-order valence-corrected chi connectivity index (χ1v) is 26.2. The Morgan fingerprint density at radius 3 is 2.01 bits per heavy atom. The van der Waals surface area contributed by atoms with Crippen molar-refractivity contribution in [1.82, 2.24) is 30.3 Å². The molecule has 70 heavy (non-hydrogen) atoms. The van der Waals surface area contributed by atoms with Crippen molar-refractivity contribution in [3.05, 3.63) is 52.5 Å². The van der Waals surface area contributed by atoms with E-state index in [9.17, 15) is 28.8 Å². The molecule has 2 N–H and O–H groups in total. The van der Waals surface area contributed by atoms with Gasteiger partial charge in [-0.15, -0.1) is 11.3 Å². The van der Waals surface area contributed by atoms with E-state index in [0.717, 1.165) is 17.0 Å². The van der Waals surface area contributed by atoms with Gasteiger partial charge in [-0.2, -0.15) is 0 Å². The molecule has 15 nitrogen and oxygen atoms in total. The number of aromatic nitrogens is 1. The van der Waals surface area contributed by atoms with E-state index in [2.05, 4.69) is 15.6 Å². The lowest BCUT2D eigenvalue weighted by Crippen LogP contribution is -2.60. The molecule has 2 aromatic rings. The van der Waals surface area contributed by atoms with Gasteiger partial charge in [0, 0.05) is 59.3 Å². The summed E-state index contributed by atoms with van der Waals surface area (Å²) in [6, 6.07) is 6.93. The van der Waals surface area contributed by atoms with Crippen molar-refractivity contribution in [2.24, 2.45) is 34.5 Å². The number of nitrogens with zero attached hydrogens (tertiary/aromatic N) is 4. The van der Waals surface area contributed by atoms with E-state index in [1.807, 2.05) is 117 Å². The van der Waals surface area contributed by atoms with Gasteiger partial charge in [-0.05, 0) is 60.3 Å². The molecule has 394 valence electrons. The van der Waals surface area contributed by atoms with Gasteiger partial charge in [-0.25, -0.2) is 4.98 Å². The maximum atomic E-state index is 14.7. The summed E-state index contributed by atoms with van der Waals surface area (Å²) in [5.41, 5.74) is 0.192. The third-order valence-corrected chi connectivity index (χ3v) is 14.8. The number of amides is 5. The molecule has 0 spiro atoms. The van der Waals surface area contributed by atoms with E-state index in [-0.39, 0.29) is 77.5 Å². The maximum Gasteiger partial charge on any atom is 0.245 e. The summed E-state index contributed by atoms with van der Waals surface area (Å²) in [6.07, 6.45) is 3.62. The zero-order chi connectivity index (χ0) is 52.7. The molecule has 5 amide bonds. The Labute approximate surface area is 423 Å². The highest BCUT2D eigenvalue weighted by molar-refractivity contribution is 7.09. The molecular weight excluding hydrogens is 909 g/mol. The minimum atomic E-state index is -0.939. The van der Waals surface area contributed by atoms with Crippen LogP contribution in [0.25, 0.3) is 0 Å². The van der Waals surface area contributed by atoms with Crippen LogP contribution in [0.1, 0.15) is 138 Å². The Balaban J connectivity index is 1.76. The first kappa shape index (κ1) is 60.1. The highest BCUT2D eigenvalue weighted by atomic mass is 32.1. The molecule has 1 saturated heterocycles. The number of ether oxygens (including phenoxy) is 3. The molecular formula is C54H88N6O9S. The van der Waals surface area contributed by atoms with E-state index in [1.165, 1.54) is 16.2 Å². The Morgan fingerprint density at radius 1 is 0.857 bits per heavy atom. The van der Waals surface area contributed by atoms with Crippen molar-refractivity contribution >= 4 is 46.7 Å². The lowest BCUT2D eigenvalue weighted by atomic mass is 9.87. The quantitative estimate of drug-likeness (QED) is 0.0829. The van der Waals surface area contributed by atoms with Crippen LogP contribution in [0.4, 0.5) is 0 Å². The smallest absolute Gasteiger partial charge is 0.245 e. The SMILES string of the molecule is CC[C@H](C)C([C@@H](CC(=O)N1CCC[C@H]1[C@H](OC)C(C)C(=O)N[C@@H](Cc1ccccc1)c1nccs1)OC)N(C)C(=O)[C@@H](NC(=O)C(C(C)C)N(C)C(=O)CC(C)(C)COCC(C)(C)CC(C)=O)C(C)C. The van der Waals surface area contributed by atoms with Crippen molar-refractivity contribution in [3.8, 4) is 0 Å². The van der Waals surface area contributed by atoms with E-state index in [1.54, 1.807) is 46.3 Å². The fourth-order valence-corrected chi connectivity index (χ4v) is 10.7. The number of hydrogen-bond acceptors (Lipinski definition) is 11. The first-order valence-electron chi connectivity index (χ1n) is 25.3. The number of likely N-dealkylation sites (N-methyl/N-ethyl adjacent to an activating group) is 2. The third kappa shape index (κ3) is 17.2. The number of ketones is 1. The number of carbonyl (C=O) groups is 6.